The monoisotopic (exact) mass is 696 g/mol. The molecule has 0 unspecified atom stereocenters. The maximum Gasteiger partial charge on any atom is 0.338 e. The molecular formula is C43H52O8. The quantitative estimate of drug-likeness (QED) is 0.176. The van der Waals surface area contributed by atoms with Gasteiger partial charge < -0.3 is 23.7 Å². The molecule has 8 heteroatoms. The van der Waals surface area contributed by atoms with Crippen molar-refractivity contribution in [2.24, 2.45) is 40.4 Å². The van der Waals surface area contributed by atoms with Crippen molar-refractivity contribution in [1.82, 2.24) is 0 Å². The summed E-state index contributed by atoms with van der Waals surface area (Å²) in [7, 11) is 0. The van der Waals surface area contributed by atoms with Gasteiger partial charge in [0.25, 0.3) is 0 Å². The number of fused-ring (bicyclic) bond motifs is 7. The third-order valence-electron chi connectivity index (χ3n) is 14.3. The van der Waals surface area contributed by atoms with Gasteiger partial charge in [-0.3, -0.25) is 4.79 Å². The average molecular weight is 697 g/mol. The molecule has 6 aliphatic rings. The second kappa shape index (κ2) is 12.6. The topological polar surface area (TPSA) is 97.4 Å². The number of ether oxygens (including phenoxy) is 5. The third kappa shape index (κ3) is 5.67. The Balaban J connectivity index is 1.07. The first-order valence-electron chi connectivity index (χ1n) is 19.1. The SMILES string of the molecule is CC(=O)O[C@H]1CC[C@@]2(C)[C@@H](CC[C@H]3C4=C[C@@H]5O[C@]6(CC[C@@](C)(OC(=O)c7ccccc7)CO6)[C@@H](C)[C@@H]5[C@@]4(C)[C@@H](OC(=O)c4ccccc4)C[C@@H]32)C1. The Morgan fingerprint density at radius 2 is 1.49 bits per heavy atom. The fraction of sp³-hybridized carbons (Fsp3) is 0.605. The molecule has 51 heavy (non-hydrogen) atoms. The van der Waals surface area contributed by atoms with E-state index in [1.807, 2.05) is 55.5 Å². The van der Waals surface area contributed by atoms with Gasteiger partial charge in [-0.2, -0.15) is 0 Å². The van der Waals surface area contributed by atoms with Crippen LogP contribution < -0.4 is 0 Å². The molecule has 3 saturated carbocycles. The lowest BCUT2D eigenvalue weighted by Crippen LogP contribution is -2.58. The number of carbonyl (C=O) groups is 3. The lowest BCUT2D eigenvalue weighted by Gasteiger charge is -2.61. The van der Waals surface area contributed by atoms with Crippen LogP contribution in [-0.4, -0.2) is 54.2 Å². The largest absolute Gasteiger partial charge is 0.463 e. The van der Waals surface area contributed by atoms with Gasteiger partial charge in [0.05, 0.1) is 23.8 Å². The van der Waals surface area contributed by atoms with Crippen molar-refractivity contribution < 1.29 is 38.1 Å². The smallest absolute Gasteiger partial charge is 0.338 e. The molecule has 4 aliphatic carbocycles. The first-order valence-corrected chi connectivity index (χ1v) is 19.1. The molecule has 1 spiro atoms. The molecule has 0 bridgehead atoms. The van der Waals surface area contributed by atoms with Gasteiger partial charge in [0.15, 0.2) is 5.79 Å². The highest BCUT2D eigenvalue weighted by Gasteiger charge is 2.70. The maximum absolute atomic E-state index is 13.9. The Labute approximate surface area is 301 Å². The second-order valence-electron chi connectivity index (χ2n) is 17.1. The zero-order valence-corrected chi connectivity index (χ0v) is 30.6. The Bertz CT molecular complexity index is 1690. The number of hydrogen-bond donors (Lipinski definition) is 0. The molecule has 0 N–H and O–H groups in total. The van der Waals surface area contributed by atoms with Crippen molar-refractivity contribution >= 4 is 17.9 Å². The highest BCUT2D eigenvalue weighted by molar-refractivity contribution is 5.90. The molecule has 0 amide bonds. The normalized spacial score (nSPS) is 42.4. The number of rotatable bonds is 5. The zero-order chi connectivity index (χ0) is 35.8. The highest BCUT2D eigenvalue weighted by Crippen LogP contribution is 2.70. The molecule has 8 rings (SSSR count). The molecule has 2 aromatic carbocycles. The second-order valence-corrected chi connectivity index (χ2v) is 17.1. The molecule has 8 nitrogen and oxygen atoms in total. The van der Waals surface area contributed by atoms with Gasteiger partial charge >= 0.3 is 17.9 Å². The third-order valence-corrected chi connectivity index (χ3v) is 14.3. The van der Waals surface area contributed by atoms with Gasteiger partial charge in [-0.15, -0.1) is 0 Å². The van der Waals surface area contributed by atoms with Crippen LogP contribution in [0.15, 0.2) is 72.3 Å². The Hall–Kier alpha value is -3.49. The number of hydrogen-bond acceptors (Lipinski definition) is 8. The molecule has 2 aromatic rings. The zero-order valence-electron chi connectivity index (χ0n) is 30.6. The van der Waals surface area contributed by atoms with Crippen molar-refractivity contribution in [2.75, 3.05) is 6.61 Å². The molecule has 272 valence electrons. The van der Waals surface area contributed by atoms with E-state index in [9.17, 15) is 14.4 Å². The summed E-state index contributed by atoms with van der Waals surface area (Å²) in [6, 6.07) is 18.4. The fourth-order valence-corrected chi connectivity index (χ4v) is 11.6. The van der Waals surface area contributed by atoms with Gasteiger partial charge in [-0.05, 0) is 99.3 Å². The van der Waals surface area contributed by atoms with E-state index in [1.165, 1.54) is 12.5 Å². The molecule has 2 heterocycles. The van der Waals surface area contributed by atoms with Crippen LogP contribution in [0.5, 0.6) is 0 Å². The summed E-state index contributed by atoms with van der Waals surface area (Å²) in [6.45, 7) is 10.7. The Kier molecular flexibility index (Phi) is 8.53. The fourth-order valence-electron chi connectivity index (χ4n) is 11.6. The summed E-state index contributed by atoms with van der Waals surface area (Å²) in [4.78, 5) is 38.7. The van der Waals surface area contributed by atoms with Crippen LogP contribution in [0.1, 0.15) is 107 Å². The first kappa shape index (κ1) is 34.6. The van der Waals surface area contributed by atoms with Crippen molar-refractivity contribution in [3.8, 4) is 0 Å². The highest BCUT2D eigenvalue weighted by atomic mass is 16.7. The summed E-state index contributed by atoms with van der Waals surface area (Å²) in [5.41, 5.74) is 1.33. The predicted octanol–water partition coefficient (Wildman–Crippen LogP) is 8.10. The molecule has 0 radical (unpaired) electrons. The maximum atomic E-state index is 13.9. The minimum absolute atomic E-state index is 0.0104. The predicted molar refractivity (Wildman–Crippen MR) is 189 cm³/mol. The van der Waals surface area contributed by atoms with E-state index >= 15 is 0 Å². The van der Waals surface area contributed by atoms with Crippen molar-refractivity contribution in [2.45, 2.75) is 116 Å². The lowest BCUT2D eigenvalue weighted by molar-refractivity contribution is -0.287. The summed E-state index contributed by atoms with van der Waals surface area (Å²) in [5, 5.41) is 0. The average Bonchev–Trinajstić information content (AvgIpc) is 3.57. The van der Waals surface area contributed by atoms with Crippen molar-refractivity contribution in [1.29, 1.82) is 0 Å². The standard InChI is InChI=1S/C43H52O8/c1-26-37-35(50-43(26)21-20-40(3,25-47-43)51-39(46)29-14-10-7-11-15-29)23-34-32-17-16-30-22-31(48-27(2)44)18-19-41(30,4)33(32)24-36(42(34,37)5)49-38(45)28-12-8-6-9-13-28/h6-15,23,26,30-33,35-37H,16-22,24-25H2,1-5H3/t26-,30-,31-,32+,33-,35-,36-,37-,40+,41-,42+,43+/m0/s1. The summed E-state index contributed by atoms with van der Waals surface area (Å²) < 4.78 is 32.2. The van der Waals surface area contributed by atoms with Crippen molar-refractivity contribution in [3.05, 3.63) is 83.4 Å². The van der Waals surface area contributed by atoms with Gasteiger partial charge in [-0.1, -0.05) is 68.8 Å². The van der Waals surface area contributed by atoms with E-state index in [1.54, 1.807) is 12.1 Å². The number of carbonyl (C=O) groups excluding carboxylic acids is 3. The molecule has 12 atom stereocenters. The van der Waals surface area contributed by atoms with Crippen LogP contribution in [0.25, 0.3) is 0 Å². The minimum Gasteiger partial charge on any atom is -0.463 e. The summed E-state index contributed by atoms with van der Waals surface area (Å²) >= 11 is 0. The summed E-state index contributed by atoms with van der Waals surface area (Å²) in [5.74, 6) is -0.415. The molecule has 5 fully saturated rings. The van der Waals surface area contributed by atoms with Gasteiger partial charge in [0.1, 0.15) is 17.8 Å². The van der Waals surface area contributed by atoms with E-state index in [0.29, 0.717) is 41.7 Å². The van der Waals surface area contributed by atoms with E-state index in [-0.39, 0.29) is 60.1 Å². The number of esters is 3. The number of benzene rings is 2. The van der Waals surface area contributed by atoms with E-state index < -0.39 is 16.8 Å². The molecule has 2 aliphatic heterocycles. The molecule has 0 aromatic heterocycles. The molecule has 2 saturated heterocycles. The first-order chi connectivity index (χ1) is 24.4. The Morgan fingerprint density at radius 1 is 0.804 bits per heavy atom. The van der Waals surface area contributed by atoms with Gasteiger partial charge in [0, 0.05) is 30.6 Å². The van der Waals surface area contributed by atoms with Crippen molar-refractivity contribution in [3.63, 3.8) is 0 Å². The van der Waals surface area contributed by atoms with Crippen LogP contribution in [0, 0.1) is 40.4 Å². The minimum atomic E-state index is -0.817. The Morgan fingerprint density at radius 3 is 2.14 bits per heavy atom. The van der Waals surface area contributed by atoms with Crippen LogP contribution in [0.4, 0.5) is 0 Å². The lowest BCUT2D eigenvalue weighted by atomic mass is 9.44. The van der Waals surface area contributed by atoms with Crippen LogP contribution >= 0.6 is 0 Å². The van der Waals surface area contributed by atoms with E-state index in [0.717, 1.165) is 38.5 Å². The van der Waals surface area contributed by atoms with E-state index in [4.69, 9.17) is 23.7 Å². The van der Waals surface area contributed by atoms with Crippen LogP contribution in [0.3, 0.4) is 0 Å². The van der Waals surface area contributed by atoms with E-state index in [2.05, 4.69) is 26.8 Å². The van der Waals surface area contributed by atoms with Gasteiger partial charge in [-0.25, -0.2) is 9.59 Å². The summed E-state index contributed by atoms with van der Waals surface area (Å²) in [6.07, 6.45) is 8.79. The molecular weight excluding hydrogens is 644 g/mol. The van der Waals surface area contributed by atoms with Crippen LogP contribution in [0.2, 0.25) is 0 Å². The van der Waals surface area contributed by atoms with Crippen LogP contribution in [-0.2, 0) is 28.5 Å². The van der Waals surface area contributed by atoms with Gasteiger partial charge in [0.2, 0.25) is 0 Å².